The van der Waals surface area contributed by atoms with Crippen LogP contribution in [0.4, 0.5) is 10.2 Å². The van der Waals surface area contributed by atoms with Gasteiger partial charge in [0.2, 0.25) is 5.91 Å². The zero-order valence-electron chi connectivity index (χ0n) is 15.3. The number of hydrogen-bond donors (Lipinski definition) is 1. The predicted octanol–water partition coefficient (Wildman–Crippen LogP) is 3.08. The van der Waals surface area contributed by atoms with Crippen molar-refractivity contribution >= 4 is 28.5 Å². The Labute approximate surface area is 160 Å². The van der Waals surface area contributed by atoms with Gasteiger partial charge < -0.3 is 10.1 Å². The lowest BCUT2D eigenvalue weighted by molar-refractivity contribution is -0.117. The van der Waals surface area contributed by atoms with Gasteiger partial charge in [0.05, 0.1) is 18.7 Å². The van der Waals surface area contributed by atoms with Gasteiger partial charge in [-0.3, -0.25) is 9.78 Å². The fourth-order valence-electron chi connectivity index (χ4n) is 2.95. The molecule has 3 heterocycles. The Morgan fingerprint density at radius 2 is 1.82 bits per heavy atom. The van der Waals surface area contributed by atoms with E-state index in [1.807, 2.05) is 13.0 Å². The summed E-state index contributed by atoms with van der Waals surface area (Å²) < 4.78 is 17.7. The topological polar surface area (TPSA) is 94.1 Å². The lowest BCUT2D eigenvalue weighted by Gasteiger charge is -2.09. The number of amides is 1. The van der Waals surface area contributed by atoms with Crippen LogP contribution in [0.25, 0.3) is 22.0 Å². The Morgan fingerprint density at radius 3 is 2.50 bits per heavy atom. The van der Waals surface area contributed by atoms with E-state index in [4.69, 9.17) is 0 Å². The third kappa shape index (κ3) is 3.40. The van der Waals surface area contributed by atoms with E-state index in [1.165, 1.54) is 7.11 Å². The average molecular weight is 380 g/mol. The Morgan fingerprint density at radius 1 is 1.11 bits per heavy atom. The highest BCUT2D eigenvalue weighted by molar-refractivity contribution is 5.96. The molecule has 28 heavy (non-hydrogen) atoms. The van der Waals surface area contributed by atoms with E-state index >= 15 is 0 Å². The van der Waals surface area contributed by atoms with Gasteiger partial charge in [-0.2, -0.15) is 0 Å². The molecule has 0 radical (unpaired) electrons. The third-order valence-corrected chi connectivity index (χ3v) is 4.69. The number of nitrogens with zero attached hydrogens (tertiary/aromatic N) is 3. The summed E-state index contributed by atoms with van der Waals surface area (Å²) in [4.78, 5) is 36.3. The summed E-state index contributed by atoms with van der Waals surface area (Å²) in [6.07, 6.45) is 4.10. The summed E-state index contributed by atoms with van der Waals surface area (Å²) in [5.74, 6) is -1.05. The number of aromatic nitrogens is 3. The van der Waals surface area contributed by atoms with Crippen molar-refractivity contribution in [2.75, 3.05) is 12.4 Å². The van der Waals surface area contributed by atoms with E-state index in [0.717, 1.165) is 21.9 Å². The first-order valence-electron chi connectivity index (χ1n) is 8.72. The molecule has 3 aromatic rings. The predicted molar refractivity (Wildman–Crippen MR) is 100 cm³/mol. The number of anilines is 1. The van der Waals surface area contributed by atoms with Gasteiger partial charge in [-0.25, -0.2) is 19.2 Å². The van der Waals surface area contributed by atoms with Crippen LogP contribution in [0.15, 0.2) is 36.8 Å². The Balaban J connectivity index is 1.60. The molecule has 7 nitrogen and oxygen atoms in total. The minimum Gasteiger partial charge on any atom is -0.464 e. The maximum absolute atomic E-state index is 13.0. The standard InChI is InChI=1S/C20H17FN4O3/c1-10-3-17(20(27)28-2)23-9-14(10)16-4-11-8-24-18(5-12(11)7-22-16)25-19(26)13-6-15(13)21/h3-5,7-9,13,15H,6H2,1-2H3,(H,24,25,26)/t13-,15+/m1/s1. The van der Waals surface area contributed by atoms with Gasteiger partial charge in [-0.1, -0.05) is 0 Å². The molecule has 3 aromatic heterocycles. The van der Waals surface area contributed by atoms with Crippen molar-refractivity contribution in [1.29, 1.82) is 0 Å². The SMILES string of the molecule is COC(=O)c1cc(C)c(-c2cc3cnc(NC(=O)[C@@H]4C[C@@H]4F)cc3cn2)cn1. The van der Waals surface area contributed by atoms with Gasteiger partial charge in [0, 0.05) is 34.9 Å². The highest BCUT2D eigenvalue weighted by Crippen LogP contribution is 2.34. The quantitative estimate of drug-likeness (QED) is 0.699. The normalized spacial score (nSPS) is 18.0. The highest BCUT2D eigenvalue weighted by Gasteiger charge is 2.43. The summed E-state index contributed by atoms with van der Waals surface area (Å²) in [6.45, 7) is 1.86. The lowest BCUT2D eigenvalue weighted by Crippen LogP contribution is -2.15. The van der Waals surface area contributed by atoms with Crippen molar-refractivity contribution in [2.45, 2.75) is 19.5 Å². The first kappa shape index (κ1) is 18.0. The molecule has 4 rings (SSSR count). The van der Waals surface area contributed by atoms with Gasteiger partial charge in [0.1, 0.15) is 17.7 Å². The number of carbonyl (C=O) groups excluding carboxylic acids is 2. The number of hydrogen-bond acceptors (Lipinski definition) is 6. The van der Waals surface area contributed by atoms with Crippen molar-refractivity contribution < 1.29 is 18.7 Å². The van der Waals surface area contributed by atoms with Gasteiger partial charge in [-0.15, -0.1) is 0 Å². The van der Waals surface area contributed by atoms with Crippen LogP contribution in [-0.4, -0.2) is 40.1 Å². The molecule has 0 saturated heterocycles. The number of ether oxygens (including phenoxy) is 1. The van der Waals surface area contributed by atoms with Crippen LogP contribution in [0.2, 0.25) is 0 Å². The number of pyridine rings is 3. The molecule has 0 spiro atoms. The Bertz CT molecular complexity index is 1100. The number of methoxy groups -OCH3 is 1. The van der Waals surface area contributed by atoms with E-state index < -0.39 is 18.1 Å². The molecule has 2 atom stereocenters. The molecule has 0 bridgehead atoms. The van der Waals surface area contributed by atoms with Crippen molar-refractivity contribution in [3.05, 3.63) is 48.0 Å². The van der Waals surface area contributed by atoms with Gasteiger partial charge >= 0.3 is 5.97 Å². The summed E-state index contributed by atoms with van der Waals surface area (Å²) in [5.41, 5.74) is 2.54. The van der Waals surface area contributed by atoms with Crippen LogP contribution in [-0.2, 0) is 9.53 Å². The fourth-order valence-corrected chi connectivity index (χ4v) is 2.95. The summed E-state index contributed by atoms with van der Waals surface area (Å²) >= 11 is 0. The molecular weight excluding hydrogens is 363 g/mol. The minimum atomic E-state index is -1.05. The fraction of sp³-hybridized carbons (Fsp3) is 0.250. The minimum absolute atomic E-state index is 0.234. The molecule has 1 aliphatic rings. The zero-order chi connectivity index (χ0) is 19.8. The first-order chi connectivity index (χ1) is 13.5. The van der Waals surface area contributed by atoms with Crippen molar-refractivity contribution in [3.8, 4) is 11.3 Å². The van der Waals surface area contributed by atoms with Crippen molar-refractivity contribution in [2.24, 2.45) is 5.92 Å². The molecule has 1 saturated carbocycles. The van der Waals surface area contributed by atoms with Crippen LogP contribution in [0.1, 0.15) is 22.5 Å². The third-order valence-electron chi connectivity index (χ3n) is 4.69. The number of fused-ring (bicyclic) bond motifs is 1. The summed E-state index contributed by atoms with van der Waals surface area (Å²) in [6, 6.07) is 5.21. The molecule has 0 aliphatic heterocycles. The Kier molecular flexibility index (Phi) is 4.46. The van der Waals surface area contributed by atoms with Crippen LogP contribution in [0.3, 0.4) is 0 Å². The molecule has 0 unspecified atom stereocenters. The molecule has 1 N–H and O–H groups in total. The molecule has 0 aromatic carbocycles. The van der Waals surface area contributed by atoms with Crippen LogP contribution in [0, 0.1) is 12.8 Å². The second kappa shape index (κ2) is 6.95. The molecule has 8 heteroatoms. The highest BCUT2D eigenvalue weighted by atomic mass is 19.1. The number of halogens is 1. The van der Waals surface area contributed by atoms with E-state index in [2.05, 4.69) is 25.0 Å². The maximum atomic E-state index is 13.0. The van der Waals surface area contributed by atoms with Gasteiger partial charge in [0.15, 0.2) is 0 Å². The second-order valence-electron chi connectivity index (χ2n) is 6.71. The van der Waals surface area contributed by atoms with E-state index in [-0.39, 0.29) is 18.0 Å². The van der Waals surface area contributed by atoms with Gasteiger partial charge in [0.25, 0.3) is 0 Å². The largest absolute Gasteiger partial charge is 0.464 e. The summed E-state index contributed by atoms with van der Waals surface area (Å²) in [7, 11) is 1.31. The molecule has 1 fully saturated rings. The number of nitrogens with one attached hydrogen (secondary N) is 1. The van der Waals surface area contributed by atoms with Crippen molar-refractivity contribution in [1.82, 2.24) is 15.0 Å². The van der Waals surface area contributed by atoms with Crippen LogP contribution >= 0.6 is 0 Å². The summed E-state index contributed by atoms with van der Waals surface area (Å²) in [5, 5.41) is 4.25. The van der Waals surface area contributed by atoms with Crippen LogP contribution in [0.5, 0.6) is 0 Å². The van der Waals surface area contributed by atoms with Gasteiger partial charge in [-0.05, 0) is 37.1 Å². The number of alkyl halides is 1. The molecule has 1 amide bonds. The monoisotopic (exact) mass is 380 g/mol. The zero-order valence-corrected chi connectivity index (χ0v) is 15.3. The molecule has 1 aliphatic carbocycles. The van der Waals surface area contributed by atoms with E-state index in [0.29, 0.717) is 11.5 Å². The number of esters is 1. The Hall–Kier alpha value is -3.42. The number of rotatable bonds is 4. The lowest BCUT2D eigenvalue weighted by atomic mass is 10.1. The number of aryl methyl sites for hydroxylation is 1. The maximum Gasteiger partial charge on any atom is 0.356 e. The van der Waals surface area contributed by atoms with Crippen molar-refractivity contribution in [3.63, 3.8) is 0 Å². The second-order valence-corrected chi connectivity index (χ2v) is 6.71. The number of carbonyl (C=O) groups is 2. The average Bonchev–Trinajstić information content (AvgIpc) is 3.43. The van der Waals surface area contributed by atoms with Crippen LogP contribution < -0.4 is 5.32 Å². The smallest absolute Gasteiger partial charge is 0.356 e. The molecular formula is C20H17FN4O3. The first-order valence-corrected chi connectivity index (χ1v) is 8.72. The van der Waals surface area contributed by atoms with E-state index in [1.54, 1.807) is 30.7 Å². The van der Waals surface area contributed by atoms with E-state index in [9.17, 15) is 14.0 Å². The molecule has 142 valence electrons.